The van der Waals surface area contributed by atoms with Crippen molar-refractivity contribution in [2.75, 3.05) is 12.8 Å². The molecule has 0 bridgehead atoms. The van der Waals surface area contributed by atoms with Gasteiger partial charge < -0.3 is 15.0 Å². The standard InChI is InChI=1S/C9H16N2O/c1-5-11-6(2)8(10)9(12-4)7(11)3/h5,10H2,1-4H3. The van der Waals surface area contributed by atoms with E-state index in [9.17, 15) is 0 Å². The highest BCUT2D eigenvalue weighted by Gasteiger charge is 2.13. The van der Waals surface area contributed by atoms with Crippen molar-refractivity contribution in [1.82, 2.24) is 4.57 Å². The quantitative estimate of drug-likeness (QED) is 0.730. The summed E-state index contributed by atoms with van der Waals surface area (Å²) >= 11 is 0. The second-order valence-electron chi connectivity index (χ2n) is 2.86. The zero-order valence-corrected chi connectivity index (χ0v) is 8.14. The summed E-state index contributed by atoms with van der Waals surface area (Å²) < 4.78 is 7.34. The van der Waals surface area contributed by atoms with Crippen LogP contribution in [0.2, 0.25) is 0 Å². The van der Waals surface area contributed by atoms with Crippen LogP contribution in [0.5, 0.6) is 5.75 Å². The SMILES string of the molecule is CCn1c(C)c(N)c(OC)c1C. The number of nitrogens with two attached hydrogens (primary N) is 1. The summed E-state index contributed by atoms with van der Waals surface area (Å²) in [6.07, 6.45) is 0. The van der Waals surface area contributed by atoms with Gasteiger partial charge >= 0.3 is 0 Å². The predicted molar refractivity (Wildman–Crippen MR) is 50.5 cm³/mol. The van der Waals surface area contributed by atoms with Crippen molar-refractivity contribution >= 4 is 5.69 Å². The van der Waals surface area contributed by atoms with Gasteiger partial charge in [-0.15, -0.1) is 0 Å². The van der Waals surface area contributed by atoms with Gasteiger partial charge in [0.25, 0.3) is 0 Å². The number of nitrogen functional groups attached to an aromatic ring is 1. The number of rotatable bonds is 2. The van der Waals surface area contributed by atoms with Crippen LogP contribution in [-0.2, 0) is 6.54 Å². The minimum atomic E-state index is 0.761. The highest BCUT2D eigenvalue weighted by Crippen LogP contribution is 2.31. The summed E-state index contributed by atoms with van der Waals surface area (Å²) in [5.41, 5.74) is 8.80. The van der Waals surface area contributed by atoms with Crippen molar-refractivity contribution in [3.8, 4) is 5.75 Å². The third kappa shape index (κ3) is 1.05. The minimum Gasteiger partial charge on any atom is -0.493 e. The summed E-state index contributed by atoms with van der Waals surface area (Å²) in [6, 6.07) is 0. The van der Waals surface area contributed by atoms with Gasteiger partial charge in [-0.2, -0.15) is 0 Å². The maximum atomic E-state index is 5.84. The maximum Gasteiger partial charge on any atom is 0.162 e. The molecule has 3 heteroatoms. The number of methoxy groups -OCH3 is 1. The van der Waals surface area contributed by atoms with Gasteiger partial charge in [0, 0.05) is 12.2 Å². The third-order valence-electron chi connectivity index (χ3n) is 2.29. The molecule has 0 spiro atoms. The average Bonchev–Trinajstić information content (AvgIpc) is 2.25. The predicted octanol–water partition coefficient (Wildman–Crippen LogP) is 1.72. The van der Waals surface area contributed by atoms with E-state index in [1.54, 1.807) is 7.11 Å². The monoisotopic (exact) mass is 168 g/mol. The molecular weight excluding hydrogens is 152 g/mol. The molecule has 0 atom stereocenters. The first-order chi connectivity index (χ1) is 5.63. The molecule has 68 valence electrons. The Hall–Kier alpha value is -1.12. The van der Waals surface area contributed by atoms with Crippen molar-refractivity contribution < 1.29 is 4.74 Å². The van der Waals surface area contributed by atoms with Gasteiger partial charge in [0.05, 0.1) is 18.5 Å². The van der Waals surface area contributed by atoms with Crippen LogP contribution in [0, 0.1) is 13.8 Å². The zero-order chi connectivity index (χ0) is 9.30. The molecule has 0 unspecified atom stereocenters. The van der Waals surface area contributed by atoms with Crippen LogP contribution in [0.3, 0.4) is 0 Å². The molecule has 3 nitrogen and oxygen atoms in total. The topological polar surface area (TPSA) is 40.2 Å². The van der Waals surface area contributed by atoms with Crippen molar-refractivity contribution in [1.29, 1.82) is 0 Å². The summed E-state index contributed by atoms with van der Waals surface area (Å²) in [6.45, 7) is 7.06. The van der Waals surface area contributed by atoms with E-state index < -0.39 is 0 Å². The zero-order valence-electron chi connectivity index (χ0n) is 8.14. The van der Waals surface area contributed by atoms with Gasteiger partial charge in [0.1, 0.15) is 0 Å². The van der Waals surface area contributed by atoms with Gasteiger partial charge in [0.15, 0.2) is 5.75 Å². The Morgan fingerprint density at radius 2 is 1.92 bits per heavy atom. The number of hydrogen-bond acceptors (Lipinski definition) is 2. The van der Waals surface area contributed by atoms with E-state index in [-0.39, 0.29) is 0 Å². The molecular formula is C9H16N2O. The van der Waals surface area contributed by atoms with E-state index in [0.29, 0.717) is 0 Å². The van der Waals surface area contributed by atoms with Crippen LogP contribution in [0.15, 0.2) is 0 Å². The fraction of sp³-hybridized carbons (Fsp3) is 0.556. The summed E-state index contributed by atoms with van der Waals surface area (Å²) in [4.78, 5) is 0. The van der Waals surface area contributed by atoms with E-state index >= 15 is 0 Å². The Bertz CT molecular complexity index is 262. The molecule has 1 aromatic heterocycles. The van der Waals surface area contributed by atoms with E-state index in [1.807, 2.05) is 13.8 Å². The highest BCUT2D eigenvalue weighted by molar-refractivity contribution is 5.60. The van der Waals surface area contributed by atoms with E-state index in [0.717, 1.165) is 29.4 Å². The first-order valence-electron chi connectivity index (χ1n) is 4.12. The van der Waals surface area contributed by atoms with E-state index in [4.69, 9.17) is 10.5 Å². The fourth-order valence-corrected chi connectivity index (χ4v) is 1.61. The molecule has 0 radical (unpaired) electrons. The lowest BCUT2D eigenvalue weighted by Crippen LogP contribution is -1.99. The largest absolute Gasteiger partial charge is 0.493 e. The van der Waals surface area contributed by atoms with Crippen LogP contribution < -0.4 is 10.5 Å². The van der Waals surface area contributed by atoms with Crippen LogP contribution in [0.1, 0.15) is 18.3 Å². The van der Waals surface area contributed by atoms with Crippen LogP contribution in [0.4, 0.5) is 5.69 Å². The van der Waals surface area contributed by atoms with Crippen molar-refractivity contribution in [2.24, 2.45) is 0 Å². The lowest BCUT2D eigenvalue weighted by Gasteiger charge is -2.03. The molecule has 0 aromatic carbocycles. The molecule has 0 aliphatic carbocycles. The maximum absolute atomic E-state index is 5.84. The summed E-state index contributed by atoms with van der Waals surface area (Å²) in [5, 5.41) is 0. The van der Waals surface area contributed by atoms with Crippen LogP contribution >= 0.6 is 0 Å². The van der Waals surface area contributed by atoms with E-state index in [2.05, 4.69) is 11.5 Å². The Balaban J connectivity index is 3.32. The molecule has 0 aliphatic heterocycles. The van der Waals surface area contributed by atoms with Crippen LogP contribution in [0.25, 0.3) is 0 Å². The first-order valence-corrected chi connectivity index (χ1v) is 4.12. The average molecular weight is 168 g/mol. The first kappa shape index (κ1) is 8.97. The van der Waals surface area contributed by atoms with Crippen molar-refractivity contribution in [3.05, 3.63) is 11.4 Å². The smallest absolute Gasteiger partial charge is 0.162 e. The molecule has 12 heavy (non-hydrogen) atoms. The van der Waals surface area contributed by atoms with Crippen LogP contribution in [-0.4, -0.2) is 11.7 Å². The molecule has 0 aliphatic rings. The summed E-state index contributed by atoms with van der Waals surface area (Å²) in [7, 11) is 1.65. The molecule has 0 amide bonds. The highest BCUT2D eigenvalue weighted by atomic mass is 16.5. The Kier molecular flexibility index (Phi) is 2.31. The van der Waals surface area contributed by atoms with Crippen molar-refractivity contribution in [2.45, 2.75) is 27.3 Å². The third-order valence-corrected chi connectivity index (χ3v) is 2.29. The minimum absolute atomic E-state index is 0.761. The Morgan fingerprint density at radius 3 is 2.17 bits per heavy atom. The molecule has 0 saturated heterocycles. The van der Waals surface area contributed by atoms with Gasteiger partial charge in [-0.3, -0.25) is 0 Å². The fourth-order valence-electron chi connectivity index (χ4n) is 1.61. The number of anilines is 1. The molecule has 1 aromatic rings. The Labute approximate surface area is 73.1 Å². The lowest BCUT2D eigenvalue weighted by atomic mass is 10.3. The van der Waals surface area contributed by atoms with Crippen molar-refractivity contribution in [3.63, 3.8) is 0 Å². The number of nitrogens with zero attached hydrogens (tertiary/aromatic N) is 1. The molecule has 2 N–H and O–H groups in total. The second kappa shape index (κ2) is 3.09. The normalized spacial score (nSPS) is 10.3. The molecule has 0 saturated carbocycles. The molecule has 1 rings (SSSR count). The van der Waals surface area contributed by atoms with Gasteiger partial charge in [-0.25, -0.2) is 0 Å². The summed E-state index contributed by atoms with van der Waals surface area (Å²) in [5.74, 6) is 0.814. The number of ether oxygens (including phenoxy) is 1. The number of hydrogen-bond donors (Lipinski definition) is 1. The lowest BCUT2D eigenvalue weighted by molar-refractivity contribution is 0.412. The molecule has 1 heterocycles. The van der Waals surface area contributed by atoms with Gasteiger partial charge in [-0.05, 0) is 20.8 Å². The van der Waals surface area contributed by atoms with Gasteiger partial charge in [-0.1, -0.05) is 0 Å². The van der Waals surface area contributed by atoms with Gasteiger partial charge in [0.2, 0.25) is 0 Å². The number of aromatic nitrogens is 1. The molecule has 0 fully saturated rings. The van der Waals surface area contributed by atoms with E-state index in [1.165, 1.54) is 0 Å². The second-order valence-corrected chi connectivity index (χ2v) is 2.86. The Morgan fingerprint density at radius 1 is 1.33 bits per heavy atom.